The Labute approximate surface area is 122 Å². The summed E-state index contributed by atoms with van der Waals surface area (Å²) in [5.74, 6) is -5.14. The highest BCUT2D eigenvalue weighted by atomic mass is 19.3. The van der Waals surface area contributed by atoms with Crippen LogP contribution in [0, 0.1) is 17.3 Å². The standard InChI is InChI=1S/C17H18F2O2/c18-17(19)12-6-15(11-4-2-1-3-5-11)7-13(17)9-16(8-12,10-15)14(20)21/h1-5,12-13H,6-10H2,(H,20,21). The summed E-state index contributed by atoms with van der Waals surface area (Å²) in [5, 5.41) is 9.67. The van der Waals surface area contributed by atoms with Gasteiger partial charge in [-0.2, -0.15) is 0 Å². The summed E-state index contributed by atoms with van der Waals surface area (Å²) in [6, 6.07) is 9.69. The van der Waals surface area contributed by atoms with E-state index < -0.39 is 29.1 Å². The molecule has 0 saturated heterocycles. The molecule has 4 heteroatoms. The molecule has 5 rings (SSSR count). The zero-order chi connectivity index (χ0) is 14.9. The molecule has 4 bridgehead atoms. The van der Waals surface area contributed by atoms with Gasteiger partial charge >= 0.3 is 5.97 Å². The lowest BCUT2D eigenvalue weighted by molar-refractivity contribution is -0.237. The third-order valence-electron chi connectivity index (χ3n) is 6.15. The lowest BCUT2D eigenvalue weighted by Gasteiger charge is -2.63. The van der Waals surface area contributed by atoms with Crippen molar-refractivity contribution in [1.29, 1.82) is 0 Å². The number of carbonyl (C=O) groups is 1. The van der Waals surface area contributed by atoms with Gasteiger partial charge in [0.2, 0.25) is 0 Å². The molecular formula is C17H18F2O2. The number of aliphatic carboxylic acids is 1. The minimum Gasteiger partial charge on any atom is -0.481 e. The van der Waals surface area contributed by atoms with Gasteiger partial charge in [0.15, 0.2) is 0 Å². The summed E-state index contributed by atoms with van der Waals surface area (Å²) in [6.07, 6.45) is 1.65. The molecule has 1 N–H and O–H groups in total. The molecule has 2 unspecified atom stereocenters. The fourth-order valence-electron chi connectivity index (χ4n) is 5.39. The van der Waals surface area contributed by atoms with Gasteiger partial charge in [-0.1, -0.05) is 30.3 Å². The van der Waals surface area contributed by atoms with Gasteiger partial charge in [-0.25, -0.2) is 8.78 Å². The summed E-state index contributed by atoms with van der Waals surface area (Å²) in [5.41, 5.74) is -0.267. The molecule has 112 valence electrons. The number of carboxylic acids is 1. The number of hydrogen-bond acceptors (Lipinski definition) is 1. The SMILES string of the molecule is O=C(O)C12CC3CC(c4ccccc4)(CC(C1)C3(F)F)C2. The molecule has 4 aliphatic carbocycles. The molecule has 2 atom stereocenters. The zero-order valence-corrected chi connectivity index (χ0v) is 11.7. The average molecular weight is 292 g/mol. The Balaban J connectivity index is 1.84. The largest absolute Gasteiger partial charge is 0.481 e. The van der Waals surface area contributed by atoms with Crippen molar-refractivity contribution in [2.24, 2.45) is 17.3 Å². The fraction of sp³-hybridized carbons (Fsp3) is 0.588. The van der Waals surface area contributed by atoms with Crippen molar-refractivity contribution in [3.63, 3.8) is 0 Å². The Bertz CT molecular complexity index is 578. The molecular weight excluding hydrogens is 274 g/mol. The molecule has 4 fully saturated rings. The van der Waals surface area contributed by atoms with Crippen LogP contribution in [0.1, 0.15) is 37.7 Å². The van der Waals surface area contributed by atoms with Gasteiger partial charge in [-0.15, -0.1) is 0 Å². The van der Waals surface area contributed by atoms with Gasteiger partial charge in [-0.3, -0.25) is 4.79 Å². The maximum absolute atomic E-state index is 14.4. The van der Waals surface area contributed by atoms with E-state index in [2.05, 4.69) is 0 Å². The monoisotopic (exact) mass is 292 g/mol. The predicted molar refractivity (Wildman–Crippen MR) is 73.2 cm³/mol. The van der Waals surface area contributed by atoms with E-state index in [-0.39, 0.29) is 18.3 Å². The molecule has 0 spiro atoms. The zero-order valence-electron chi connectivity index (χ0n) is 11.7. The van der Waals surface area contributed by atoms with Crippen molar-refractivity contribution in [2.75, 3.05) is 0 Å². The second kappa shape index (κ2) is 3.84. The highest BCUT2D eigenvalue weighted by molar-refractivity contribution is 5.76. The molecule has 1 aromatic rings. The van der Waals surface area contributed by atoms with Gasteiger partial charge in [0, 0.05) is 11.8 Å². The molecule has 1 aromatic carbocycles. The second-order valence-corrected chi connectivity index (χ2v) is 7.29. The minimum atomic E-state index is -2.70. The van der Waals surface area contributed by atoms with Crippen LogP contribution in [-0.4, -0.2) is 17.0 Å². The summed E-state index contributed by atoms with van der Waals surface area (Å²) < 4.78 is 28.9. The van der Waals surface area contributed by atoms with Gasteiger partial charge in [0.1, 0.15) is 0 Å². The highest BCUT2D eigenvalue weighted by Crippen LogP contribution is 2.69. The van der Waals surface area contributed by atoms with Gasteiger partial charge in [0.25, 0.3) is 5.92 Å². The first kappa shape index (κ1) is 13.2. The third-order valence-corrected chi connectivity index (χ3v) is 6.15. The molecule has 4 saturated carbocycles. The summed E-state index contributed by atoms with van der Waals surface area (Å²) in [7, 11) is 0. The summed E-state index contributed by atoms with van der Waals surface area (Å²) in [4.78, 5) is 11.8. The Morgan fingerprint density at radius 3 is 2.14 bits per heavy atom. The average Bonchev–Trinajstić information content (AvgIpc) is 2.45. The lowest BCUT2D eigenvalue weighted by Crippen LogP contribution is -2.64. The molecule has 0 aliphatic heterocycles. The van der Waals surface area contributed by atoms with Crippen molar-refractivity contribution in [3.05, 3.63) is 35.9 Å². The summed E-state index contributed by atoms with van der Waals surface area (Å²) >= 11 is 0. The van der Waals surface area contributed by atoms with Crippen LogP contribution in [0.3, 0.4) is 0 Å². The van der Waals surface area contributed by atoms with Crippen LogP contribution in [0.15, 0.2) is 30.3 Å². The molecule has 21 heavy (non-hydrogen) atoms. The normalized spacial score (nSPS) is 43.0. The highest BCUT2D eigenvalue weighted by Gasteiger charge is 2.70. The van der Waals surface area contributed by atoms with E-state index in [9.17, 15) is 18.7 Å². The van der Waals surface area contributed by atoms with Crippen LogP contribution in [0.25, 0.3) is 0 Å². The number of rotatable bonds is 2. The first-order chi connectivity index (χ1) is 9.88. The van der Waals surface area contributed by atoms with Crippen molar-refractivity contribution < 1.29 is 18.7 Å². The first-order valence-corrected chi connectivity index (χ1v) is 7.55. The number of benzene rings is 1. The maximum Gasteiger partial charge on any atom is 0.309 e. The molecule has 0 heterocycles. The van der Waals surface area contributed by atoms with Gasteiger partial charge in [0.05, 0.1) is 5.41 Å². The number of alkyl halides is 2. The van der Waals surface area contributed by atoms with Crippen LogP contribution in [0.4, 0.5) is 8.78 Å². The Morgan fingerprint density at radius 1 is 1.05 bits per heavy atom. The molecule has 0 amide bonds. The molecule has 0 aromatic heterocycles. The Kier molecular flexibility index (Phi) is 2.42. The number of hydrogen-bond donors (Lipinski definition) is 1. The van der Waals surface area contributed by atoms with Gasteiger partial charge in [-0.05, 0) is 43.1 Å². The van der Waals surface area contributed by atoms with E-state index in [1.807, 2.05) is 30.3 Å². The quantitative estimate of drug-likeness (QED) is 0.899. The van der Waals surface area contributed by atoms with Crippen molar-refractivity contribution in [1.82, 2.24) is 0 Å². The van der Waals surface area contributed by atoms with Gasteiger partial charge < -0.3 is 5.11 Å². The van der Waals surface area contributed by atoms with E-state index in [1.54, 1.807) is 0 Å². The number of halogens is 2. The maximum atomic E-state index is 14.4. The van der Waals surface area contributed by atoms with E-state index in [4.69, 9.17) is 0 Å². The topological polar surface area (TPSA) is 37.3 Å². The van der Waals surface area contributed by atoms with E-state index in [1.165, 1.54) is 0 Å². The van der Waals surface area contributed by atoms with Crippen LogP contribution < -0.4 is 0 Å². The molecule has 4 aliphatic rings. The Hall–Kier alpha value is -1.45. The number of carboxylic acid groups (broad SMARTS) is 1. The van der Waals surface area contributed by atoms with Crippen LogP contribution in [0.2, 0.25) is 0 Å². The smallest absolute Gasteiger partial charge is 0.309 e. The van der Waals surface area contributed by atoms with Crippen LogP contribution in [0.5, 0.6) is 0 Å². The minimum absolute atomic E-state index is 0.139. The molecule has 2 nitrogen and oxygen atoms in total. The van der Waals surface area contributed by atoms with Crippen LogP contribution in [-0.2, 0) is 10.2 Å². The van der Waals surface area contributed by atoms with E-state index in [0.29, 0.717) is 19.3 Å². The predicted octanol–water partition coefficient (Wildman–Crippen LogP) is 3.85. The van der Waals surface area contributed by atoms with Crippen LogP contribution >= 0.6 is 0 Å². The summed E-state index contributed by atoms with van der Waals surface area (Å²) in [6.45, 7) is 0. The van der Waals surface area contributed by atoms with E-state index >= 15 is 0 Å². The van der Waals surface area contributed by atoms with Crippen molar-refractivity contribution >= 4 is 5.97 Å². The van der Waals surface area contributed by atoms with Crippen molar-refractivity contribution in [3.8, 4) is 0 Å². The fourth-order valence-corrected chi connectivity index (χ4v) is 5.39. The first-order valence-electron chi connectivity index (χ1n) is 7.55. The van der Waals surface area contributed by atoms with Crippen molar-refractivity contribution in [2.45, 2.75) is 43.4 Å². The lowest BCUT2D eigenvalue weighted by atomic mass is 9.41. The third kappa shape index (κ3) is 1.59. The Morgan fingerprint density at radius 2 is 1.62 bits per heavy atom. The molecule has 0 radical (unpaired) electrons. The van der Waals surface area contributed by atoms with E-state index in [0.717, 1.165) is 5.56 Å². The second-order valence-electron chi connectivity index (χ2n) is 7.29.